The molecule has 0 fully saturated rings. The van der Waals surface area contributed by atoms with Gasteiger partial charge in [0.1, 0.15) is 10.7 Å². The number of halogens is 1. The second-order valence-corrected chi connectivity index (χ2v) is 2.56. The highest BCUT2D eigenvalue weighted by atomic mass is 79.9. The van der Waals surface area contributed by atoms with Crippen molar-refractivity contribution in [1.82, 2.24) is 9.97 Å². The quantitative estimate of drug-likeness (QED) is 0.768. The van der Waals surface area contributed by atoms with Gasteiger partial charge in [-0.25, -0.2) is 14.8 Å². The van der Waals surface area contributed by atoms with Crippen LogP contribution in [0, 0.1) is 11.3 Å². The molecular formula is C6H2BrN3O2. The molecule has 1 heterocycles. The summed E-state index contributed by atoms with van der Waals surface area (Å²) in [4.78, 5) is 17.5. The summed E-state index contributed by atoms with van der Waals surface area (Å²) >= 11 is 2.95. The van der Waals surface area contributed by atoms with Crippen molar-refractivity contribution in [3.63, 3.8) is 0 Å². The van der Waals surface area contributed by atoms with Crippen molar-refractivity contribution >= 4 is 21.9 Å². The molecule has 0 bridgehead atoms. The average Bonchev–Trinajstić information content (AvgIpc) is 2.05. The number of aromatic nitrogens is 2. The zero-order valence-electron chi connectivity index (χ0n) is 5.65. The molecule has 5 nitrogen and oxygen atoms in total. The highest BCUT2D eigenvalue weighted by Gasteiger charge is 2.08. The Morgan fingerprint density at radius 2 is 2.42 bits per heavy atom. The van der Waals surface area contributed by atoms with Crippen LogP contribution in [0.3, 0.4) is 0 Å². The molecule has 0 aromatic carbocycles. The van der Waals surface area contributed by atoms with Gasteiger partial charge in [-0.15, -0.1) is 0 Å². The predicted octanol–water partition coefficient (Wildman–Crippen LogP) is 0.809. The van der Waals surface area contributed by atoms with E-state index >= 15 is 0 Å². The molecule has 0 unspecified atom stereocenters. The van der Waals surface area contributed by atoms with Gasteiger partial charge in [0.25, 0.3) is 0 Å². The molecule has 12 heavy (non-hydrogen) atoms. The predicted molar refractivity (Wildman–Crippen MR) is 41.4 cm³/mol. The van der Waals surface area contributed by atoms with E-state index in [-0.39, 0.29) is 16.0 Å². The van der Waals surface area contributed by atoms with E-state index in [0.717, 1.165) is 6.20 Å². The summed E-state index contributed by atoms with van der Waals surface area (Å²) in [5.74, 6) is -1.20. The molecule has 1 aromatic heterocycles. The lowest BCUT2D eigenvalue weighted by molar-refractivity contribution is 0.0690. The zero-order valence-corrected chi connectivity index (χ0v) is 7.24. The molecule has 60 valence electrons. The summed E-state index contributed by atoms with van der Waals surface area (Å²) in [5.41, 5.74) is -0.273. The third kappa shape index (κ3) is 1.57. The van der Waals surface area contributed by atoms with Gasteiger partial charge in [0.2, 0.25) is 0 Å². The molecule has 0 saturated carbocycles. The normalized spacial score (nSPS) is 9.00. The number of hydrogen-bond donors (Lipinski definition) is 1. The van der Waals surface area contributed by atoms with E-state index in [1.54, 1.807) is 6.07 Å². The van der Waals surface area contributed by atoms with E-state index in [1.165, 1.54) is 0 Å². The maximum absolute atomic E-state index is 10.4. The van der Waals surface area contributed by atoms with Gasteiger partial charge in [0.05, 0.1) is 6.20 Å². The lowest BCUT2D eigenvalue weighted by Crippen LogP contribution is -2.03. The van der Waals surface area contributed by atoms with Crippen LogP contribution in [0.1, 0.15) is 16.2 Å². The minimum absolute atomic E-state index is 0.0325. The molecule has 0 aliphatic carbocycles. The molecule has 1 rings (SSSR count). The third-order valence-electron chi connectivity index (χ3n) is 1.05. The van der Waals surface area contributed by atoms with Crippen LogP contribution in [-0.2, 0) is 0 Å². The molecule has 0 aliphatic heterocycles. The van der Waals surface area contributed by atoms with E-state index in [9.17, 15) is 4.79 Å². The lowest BCUT2D eigenvalue weighted by Gasteiger charge is -1.94. The summed E-state index contributed by atoms with van der Waals surface area (Å²) in [6, 6.07) is 1.71. The van der Waals surface area contributed by atoms with E-state index in [1.807, 2.05) is 0 Å². The molecule has 0 spiro atoms. The standard InChI is InChI=1S/C6H2BrN3O2/c7-5-3(1-8)10-4(2-9-5)6(11)12/h2H,(H,11,12). The number of carboxylic acids is 1. The number of nitriles is 1. The second-order valence-electron chi connectivity index (χ2n) is 1.81. The van der Waals surface area contributed by atoms with Crippen LogP contribution in [0.5, 0.6) is 0 Å². The fourth-order valence-electron chi connectivity index (χ4n) is 0.549. The highest BCUT2D eigenvalue weighted by Crippen LogP contribution is 2.09. The van der Waals surface area contributed by atoms with E-state index < -0.39 is 5.97 Å². The second kappa shape index (κ2) is 3.28. The van der Waals surface area contributed by atoms with Gasteiger partial charge in [-0.2, -0.15) is 5.26 Å². The molecule has 0 amide bonds. The maximum atomic E-state index is 10.4. The van der Waals surface area contributed by atoms with Crippen molar-refractivity contribution in [3.8, 4) is 6.07 Å². The van der Waals surface area contributed by atoms with Crippen LogP contribution < -0.4 is 0 Å². The summed E-state index contributed by atoms with van der Waals surface area (Å²) < 4.78 is 0.245. The SMILES string of the molecule is N#Cc1nc(C(=O)O)cnc1Br. The first-order valence-electron chi connectivity index (χ1n) is 2.81. The smallest absolute Gasteiger partial charge is 0.356 e. The Balaban J connectivity index is 3.25. The van der Waals surface area contributed by atoms with Gasteiger partial charge in [-0.1, -0.05) is 0 Å². The number of carbonyl (C=O) groups is 1. The number of carboxylic acid groups (broad SMARTS) is 1. The van der Waals surface area contributed by atoms with Gasteiger partial charge in [0, 0.05) is 0 Å². The van der Waals surface area contributed by atoms with Crippen molar-refractivity contribution in [3.05, 3.63) is 22.2 Å². The first-order valence-corrected chi connectivity index (χ1v) is 3.60. The van der Waals surface area contributed by atoms with Crippen molar-refractivity contribution in [2.75, 3.05) is 0 Å². The summed E-state index contributed by atoms with van der Waals surface area (Å²) in [6.45, 7) is 0. The Morgan fingerprint density at radius 3 is 2.92 bits per heavy atom. The number of aromatic carboxylic acids is 1. The van der Waals surface area contributed by atoms with Crippen molar-refractivity contribution in [1.29, 1.82) is 5.26 Å². The maximum Gasteiger partial charge on any atom is 0.356 e. The first-order chi connectivity index (χ1) is 5.65. The monoisotopic (exact) mass is 227 g/mol. The molecule has 0 atom stereocenters. The van der Waals surface area contributed by atoms with Crippen LogP contribution in [0.4, 0.5) is 0 Å². The van der Waals surface area contributed by atoms with Crippen molar-refractivity contribution in [2.24, 2.45) is 0 Å². The van der Waals surface area contributed by atoms with Crippen LogP contribution >= 0.6 is 15.9 Å². The molecular weight excluding hydrogens is 226 g/mol. The van der Waals surface area contributed by atoms with Gasteiger partial charge in [-0.05, 0) is 15.9 Å². The Hall–Kier alpha value is -1.48. The Kier molecular flexibility index (Phi) is 2.35. The summed E-state index contributed by atoms with van der Waals surface area (Å²) in [7, 11) is 0. The molecule has 6 heteroatoms. The van der Waals surface area contributed by atoms with E-state index in [4.69, 9.17) is 10.4 Å². The van der Waals surface area contributed by atoms with Crippen molar-refractivity contribution < 1.29 is 9.90 Å². The van der Waals surface area contributed by atoms with Crippen molar-refractivity contribution in [2.45, 2.75) is 0 Å². The molecule has 0 radical (unpaired) electrons. The van der Waals surface area contributed by atoms with Crippen LogP contribution in [0.25, 0.3) is 0 Å². The van der Waals surface area contributed by atoms with Crippen LogP contribution in [0.2, 0.25) is 0 Å². The number of hydrogen-bond acceptors (Lipinski definition) is 4. The molecule has 0 aliphatic rings. The molecule has 1 N–H and O–H groups in total. The lowest BCUT2D eigenvalue weighted by atomic mass is 10.4. The van der Waals surface area contributed by atoms with E-state index in [2.05, 4.69) is 25.9 Å². The zero-order chi connectivity index (χ0) is 9.14. The van der Waals surface area contributed by atoms with Crippen LogP contribution in [-0.4, -0.2) is 21.0 Å². The largest absolute Gasteiger partial charge is 0.476 e. The van der Waals surface area contributed by atoms with Gasteiger partial charge >= 0.3 is 5.97 Å². The Bertz CT molecular complexity index is 372. The fourth-order valence-corrected chi connectivity index (χ4v) is 0.828. The van der Waals surface area contributed by atoms with E-state index in [0.29, 0.717) is 0 Å². The average molecular weight is 228 g/mol. The van der Waals surface area contributed by atoms with Crippen LogP contribution in [0.15, 0.2) is 10.8 Å². The molecule has 1 aromatic rings. The highest BCUT2D eigenvalue weighted by molar-refractivity contribution is 9.10. The van der Waals surface area contributed by atoms with Gasteiger partial charge in [-0.3, -0.25) is 0 Å². The Labute approximate surface area is 75.8 Å². The summed E-state index contributed by atoms with van der Waals surface area (Å²) in [5, 5.41) is 16.9. The molecule has 0 saturated heterocycles. The minimum atomic E-state index is -1.20. The number of nitrogens with zero attached hydrogens (tertiary/aromatic N) is 3. The topological polar surface area (TPSA) is 86.9 Å². The third-order valence-corrected chi connectivity index (χ3v) is 1.63. The fraction of sp³-hybridized carbons (Fsp3) is 0. The van der Waals surface area contributed by atoms with Gasteiger partial charge < -0.3 is 5.11 Å². The first kappa shape index (κ1) is 8.62. The Morgan fingerprint density at radius 1 is 1.75 bits per heavy atom. The van der Waals surface area contributed by atoms with Gasteiger partial charge in [0.15, 0.2) is 11.4 Å². The number of rotatable bonds is 1. The minimum Gasteiger partial charge on any atom is -0.476 e. The summed E-state index contributed by atoms with van der Waals surface area (Å²) in [6.07, 6.45) is 1.08.